The molecule has 0 spiro atoms. The van der Waals surface area contributed by atoms with Gasteiger partial charge in [-0.1, -0.05) is 6.07 Å². The lowest BCUT2D eigenvalue weighted by Crippen LogP contribution is -2.34. The molecule has 2 aromatic rings. The van der Waals surface area contributed by atoms with Crippen LogP contribution in [-0.2, 0) is 6.61 Å². The molecular weight excluding hydrogens is 248 g/mol. The second-order valence-corrected chi connectivity index (χ2v) is 5.60. The summed E-state index contributed by atoms with van der Waals surface area (Å²) in [6, 6.07) is 5.91. The molecule has 1 atom stereocenters. The van der Waals surface area contributed by atoms with Gasteiger partial charge in [-0.25, -0.2) is 0 Å². The second kappa shape index (κ2) is 4.26. The standard InChI is InChI=1S/C13H14N2O2S/c1-7-5-14-11-9-4-8(6-16)2-3-10(9)18-12(11)13(17)15-7/h2-4,7,14,16H,5-6H2,1H3,(H,15,17). The minimum absolute atomic E-state index is 0.0170. The van der Waals surface area contributed by atoms with Crippen molar-refractivity contribution in [2.75, 3.05) is 11.9 Å². The first-order valence-electron chi connectivity index (χ1n) is 5.90. The van der Waals surface area contributed by atoms with E-state index >= 15 is 0 Å². The summed E-state index contributed by atoms with van der Waals surface area (Å²) in [4.78, 5) is 12.8. The van der Waals surface area contributed by atoms with Crippen molar-refractivity contribution in [1.29, 1.82) is 0 Å². The van der Waals surface area contributed by atoms with E-state index in [1.54, 1.807) is 0 Å². The van der Waals surface area contributed by atoms with Crippen LogP contribution in [-0.4, -0.2) is 23.6 Å². The number of thiophene rings is 1. The fourth-order valence-corrected chi connectivity index (χ4v) is 3.24. The maximum Gasteiger partial charge on any atom is 0.263 e. The summed E-state index contributed by atoms with van der Waals surface area (Å²) in [5.74, 6) is -0.0192. The number of carbonyl (C=O) groups is 1. The van der Waals surface area contributed by atoms with Crippen molar-refractivity contribution in [3.63, 3.8) is 0 Å². The van der Waals surface area contributed by atoms with Crippen LogP contribution in [0.1, 0.15) is 22.2 Å². The highest BCUT2D eigenvalue weighted by molar-refractivity contribution is 7.21. The largest absolute Gasteiger partial charge is 0.392 e. The number of nitrogens with one attached hydrogen (secondary N) is 2. The molecule has 0 aliphatic carbocycles. The van der Waals surface area contributed by atoms with E-state index in [0.29, 0.717) is 6.54 Å². The SMILES string of the molecule is CC1CNc2c(sc3ccc(CO)cc23)C(=O)N1. The van der Waals surface area contributed by atoms with Crippen LogP contribution in [0.15, 0.2) is 18.2 Å². The minimum atomic E-state index is -0.0192. The zero-order valence-corrected chi connectivity index (χ0v) is 10.8. The molecule has 0 fully saturated rings. The lowest BCUT2D eigenvalue weighted by molar-refractivity contribution is 0.0949. The summed E-state index contributed by atoms with van der Waals surface area (Å²) >= 11 is 1.49. The van der Waals surface area contributed by atoms with Gasteiger partial charge < -0.3 is 15.7 Å². The van der Waals surface area contributed by atoms with Gasteiger partial charge in [0.1, 0.15) is 4.88 Å². The van der Waals surface area contributed by atoms with E-state index in [2.05, 4.69) is 10.6 Å². The van der Waals surface area contributed by atoms with Gasteiger partial charge in [0.2, 0.25) is 0 Å². The number of hydrogen-bond acceptors (Lipinski definition) is 4. The van der Waals surface area contributed by atoms with Crippen LogP contribution in [0.2, 0.25) is 0 Å². The first-order chi connectivity index (χ1) is 8.69. The first kappa shape index (κ1) is 11.5. The predicted molar refractivity (Wildman–Crippen MR) is 73.2 cm³/mol. The quantitative estimate of drug-likeness (QED) is 0.736. The fourth-order valence-electron chi connectivity index (χ4n) is 2.17. The number of anilines is 1. The van der Waals surface area contributed by atoms with Crippen molar-refractivity contribution >= 4 is 33.0 Å². The van der Waals surface area contributed by atoms with Gasteiger partial charge in [0.15, 0.2) is 0 Å². The lowest BCUT2D eigenvalue weighted by atomic mass is 10.1. The Balaban J connectivity index is 2.19. The second-order valence-electron chi connectivity index (χ2n) is 4.55. The zero-order valence-electron chi connectivity index (χ0n) is 9.99. The summed E-state index contributed by atoms with van der Waals surface area (Å²) < 4.78 is 1.06. The number of fused-ring (bicyclic) bond motifs is 3. The first-order valence-corrected chi connectivity index (χ1v) is 6.71. The van der Waals surface area contributed by atoms with E-state index in [1.165, 1.54) is 11.3 Å². The van der Waals surface area contributed by atoms with Crippen LogP contribution >= 0.6 is 11.3 Å². The highest BCUT2D eigenvalue weighted by atomic mass is 32.1. The van der Waals surface area contributed by atoms with Crippen LogP contribution in [0.4, 0.5) is 5.69 Å². The summed E-state index contributed by atoms with van der Waals surface area (Å²) in [5.41, 5.74) is 1.76. The van der Waals surface area contributed by atoms with Crippen molar-refractivity contribution in [2.45, 2.75) is 19.6 Å². The monoisotopic (exact) mass is 262 g/mol. The molecule has 1 aromatic carbocycles. The van der Waals surface area contributed by atoms with Gasteiger partial charge in [-0.2, -0.15) is 0 Å². The summed E-state index contributed by atoms with van der Waals surface area (Å²) in [6.07, 6.45) is 0. The third kappa shape index (κ3) is 1.76. The third-order valence-electron chi connectivity index (χ3n) is 3.10. The summed E-state index contributed by atoms with van der Waals surface area (Å²) in [5, 5.41) is 16.5. The van der Waals surface area contributed by atoms with E-state index in [9.17, 15) is 9.90 Å². The molecular formula is C13H14N2O2S. The molecule has 4 nitrogen and oxygen atoms in total. The molecule has 1 aliphatic rings. The Hall–Kier alpha value is -1.59. The highest BCUT2D eigenvalue weighted by Gasteiger charge is 2.23. The molecule has 18 heavy (non-hydrogen) atoms. The molecule has 5 heteroatoms. The van der Waals surface area contributed by atoms with E-state index in [4.69, 9.17) is 0 Å². The Morgan fingerprint density at radius 3 is 3.11 bits per heavy atom. The van der Waals surface area contributed by atoms with E-state index in [1.807, 2.05) is 25.1 Å². The Morgan fingerprint density at radius 1 is 1.50 bits per heavy atom. The average molecular weight is 262 g/mol. The topological polar surface area (TPSA) is 61.4 Å². The van der Waals surface area contributed by atoms with E-state index in [0.717, 1.165) is 26.2 Å². The maximum absolute atomic E-state index is 12.0. The average Bonchev–Trinajstić information content (AvgIpc) is 2.67. The number of amides is 1. The molecule has 2 heterocycles. The van der Waals surface area contributed by atoms with Crippen molar-refractivity contribution in [1.82, 2.24) is 5.32 Å². The minimum Gasteiger partial charge on any atom is -0.392 e. The van der Waals surface area contributed by atoms with Gasteiger partial charge in [0, 0.05) is 22.7 Å². The van der Waals surface area contributed by atoms with Crippen molar-refractivity contribution in [2.24, 2.45) is 0 Å². The maximum atomic E-state index is 12.0. The molecule has 1 unspecified atom stereocenters. The van der Waals surface area contributed by atoms with Crippen molar-refractivity contribution < 1.29 is 9.90 Å². The Bertz CT molecular complexity index is 621. The number of rotatable bonds is 1. The zero-order chi connectivity index (χ0) is 12.7. The summed E-state index contributed by atoms with van der Waals surface area (Å²) in [6.45, 7) is 2.71. The molecule has 3 N–H and O–H groups in total. The fraction of sp³-hybridized carbons (Fsp3) is 0.308. The smallest absolute Gasteiger partial charge is 0.263 e. The number of carbonyl (C=O) groups excluding carboxylic acids is 1. The summed E-state index contributed by atoms with van der Waals surface area (Å²) in [7, 11) is 0. The van der Waals surface area contributed by atoms with Gasteiger partial charge in [0.25, 0.3) is 5.91 Å². The van der Waals surface area contributed by atoms with Crippen molar-refractivity contribution in [3.8, 4) is 0 Å². The number of aliphatic hydroxyl groups is 1. The van der Waals surface area contributed by atoms with Gasteiger partial charge in [0.05, 0.1) is 12.3 Å². The van der Waals surface area contributed by atoms with Gasteiger partial charge >= 0.3 is 0 Å². The molecule has 1 amide bonds. The number of benzene rings is 1. The molecule has 1 aromatic heterocycles. The van der Waals surface area contributed by atoms with Crippen molar-refractivity contribution in [3.05, 3.63) is 28.6 Å². The van der Waals surface area contributed by atoms with E-state index in [-0.39, 0.29) is 18.6 Å². The molecule has 94 valence electrons. The lowest BCUT2D eigenvalue weighted by Gasteiger charge is -2.09. The van der Waals surface area contributed by atoms with Crippen LogP contribution in [0.3, 0.4) is 0 Å². The molecule has 0 saturated carbocycles. The molecule has 0 bridgehead atoms. The number of hydrogen-bond donors (Lipinski definition) is 3. The van der Waals surface area contributed by atoms with Gasteiger partial charge in [-0.3, -0.25) is 4.79 Å². The molecule has 3 rings (SSSR count). The van der Waals surface area contributed by atoms with Crippen LogP contribution in [0, 0.1) is 0 Å². The van der Waals surface area contributed by atoms with Crippen LogP contribution in [0.5, 0.6) is 0 Å². The molecule has 0 saturated heterocycles. The highest BCUT2D eigenvalue weighted by Crippen LogP contribution is 2.37. The van der Waals surface area contributed by atoms with Gasteiger partial charge in [-0.15, -0.1) is 11.3 Å². The molecule has 0 radical (unpaired) electrons. The molecule has 1 aliphatic heterocycles. The Kier molecular flexibility index (Phi) is 2.72. The predicted octanol–water partition coefficient (Wildman–Crippen LogP) is 1.94. The van der Waals surface area contributed by atoms with Crippen LogP contribution in [0.25, 0.3) is 10.1 Å². The normalized spacial score (nSPS) is 19.0. The Labute approximate surface area is 109 Å². The Morgan fingerprint density at radius 2 is 2.33 bits per heavy atom. The van der Waals surface area contributed by atoms with E-state index < -0.39 is 0 Å². The number of aliphatic hydroxyl groups excluding tert-OH is 1. The van der Waals surface area contributed by atoms with Gasteiger partial charge in [-0.05, 0) is 24.6 Å². The van der Waals surface area contributed by atoms with Crippen LogP contribution < -0.4 is 10.6 Å². The third-order valence-corrected chi connectivity index (χ3v) is 4.27.